The standard InChI is InChI=1S/C35H43Cl2N7.ClH.H2O/c1-42-20-22-44(23-21-42)29-13-15-31-33(25-29)41-35(40-31)27-10-14-30-32(24-27)39-34(38-30)7-5-3-2-4-6-26-8-11-28(12-9-26)43(18-16-36)19-17-37;;/h8-15,24-25H,2-7,16-23H2,1H3,(H,38,39)(H,40,41);1H;1H2. The number of piperazine rings is 1. The molecule has 0 atom stereocenters. The van der Waals surface area contributed by atoms with Gasteiger partial charge in [-0.15, -0.1) is 35.6 Å². The number of likely N-dealkylation sites (N-methyl/N-ethyl adjacent to an activating group) is 1. The van der Waals surface area contributed by atoms with Crippen molar-refractivity contribution in [1.82, 2.24) is 24.8 Å². The van der Waals surface area contributed by atoms with Crippen LogP contribution in [0.25, 0.3) is 33.5 Å². The molecule has 0 aliphatic carbocycles. The smallest absolute Gasteiger partial charge is 0.138 e. The Labute approximate surface area is 288 Å². The molecule has 4 N–H and O–H groups in total. The van der Waals surface area contributed by atoms with E-state index in [0.717, 1.165) is 97.8 Å². The molecule has 0 spiro atoms. The molecule has 2 aromatic heterocycles. The number of aryl methyl sites for hydroxylation is 2. The van der Waals surface area contributed by atoms with Gasteiger partial charge in [0.2, 0.25) is 0 Å². The Morgan fingerprint density at radius 3 is 2.11 bits per heavy atom. The van der Waals surface area contributed by atoms with Crippen LogP contribution in [0.2, 0.25) is 0 Å². The lowest BCUT2D eigenvalue weighted by molar-refractivity contribution is 0.313. The second kappa shape index (κ2) is 17.2. The van der Waals surface area contributed by atoms with Crippen LogP contribution in [0.3, 0.4) is 0 Å². The topological polar surface area (TPSA) is 98.6 Å². The predicted octanol–water partition coefficient (Wildman–Crippen LogP) is 7.08. The van der Waals surface area contributed by atoms with Crippen molar-refractivity contribution in [1.29, 1.82) is 0 Å². The molecular formula is C35H46Cl3N7O. The number of benzene rings is 3. The third kappa shape index (κ3) is 8.87. The van der Waals surface area contributed by atoms with Gasteiger partial charge in [0, 0.05) is 74.4 Å². The van der Waals surface area contributed by atoms with Crippen molar-refractivity contribution in [2.45, 2.75) is 38.5 Å². The number of imidazole rings is 2. The monoisotopic (exact) mass is 685 g/mol. The molecule has 1 aliphatic heterocycles. The van der Waals surface area contributed by atoms with E-state index in [1.165, 1.54) is 36.2 Å². The molecule has 3 heterocycles. The highest BCUT2D eigenvalue weighted by molar-refractivity contribution is 6.18. The molecule has 0 unspecified atom stereocenters. The first kappa shape index (κ1) is 35.8. The van der Waals surface area contributed by atoms with Gasteiger partial charge in [0.25, 0.3) is 0 Å². The number of nitrogens with zero attached hydrogens (tertiary/aromatic N) is 5. The lowest BCUT2D eigenvalue weighted by Gasteiger charge is -2.34. The Bertz CT molecular complexity index is 1640. The van der Waals surface area contributed by atoms with Gasteiger partial charge in [-0.2, -0.15) is 0 Å². The van der Waals surface area contributed by atoms with Crippen LogP contribution in [-0.2, 0) is 12.8 Å². The summed E-state index contributed by atoms with van der Waals surface area (Å²) >= 11 is 11.9. The Balaban J connectivity index is 0.00000240. The number of fused-ring (bicyclic) bond motifs is 2. The lowest BCUT2D eigenvalue weighted by Crippen LogP contribution is -2.44. The molecule has 0 bridgehead atoms. The molecule has 6 rings (SSSR count). The number of unbranched alkanes of at least 4 members (excludes halogenated alkanes) is 3. The van der Waals surface area contributed by atoms with Gasteiger partial charge >= 0.3 is 0 Å². The summed E-state index contributed by atoms with van der Waals surface area (Å²) in [5.74, 6) is 3.17. The number of nitrogens with one attached hydrogen (secondary N) is 2. The fraction of sp³-hybridized carbons (Fsp3) is 0.429. The lowest BCUT2D eigenvalue weighted by atomic mass is 10.0. The number of anilines is 2. The number of halogens is 3. The van der Waals surface area contributed by atoms with Gasteiger partial charge in [-0.05, 0) is 80.4 Å². The number of alkyl halides is 2. The van der Waals surface area contributed by atoms with E-state index in [0.29, 0.717) is 11.8 Å². The van der Waals surface area contributed by atoms with Crippen LogP contribution < -0.4 is 9.80 Å². The van der Waals surface area contributed by atoms with E-state index in [1.54, 1.807) is 0 Å². The summed E-state index contributed by atoms with van der Waals surface area (Å²) in [5.41, 5.74) is 9.07. The van der Waals surface area contributed by atoms with Crippen LogP contribution in [0.5, 0.6) is 0 Å². The van der Waals surface area contributed by atoms with Crippen molar-refractivity contribution in [3.63, 3.8) is 0 Å². The molecule has 5 aromatic rings. The average Bonchev–Trinajstić information content (AvgIpc) is 3.66. The molecule has 1 fully saturated rings. The zero-order valence-corrected chi connectivity index (χ0v) is 28.9. The Hall–Kier alpha value is -3.01. The van der Waals surface area contributed by atoms with Crippen LogP contribution in [0, 0.1) is 0 Å². The van der Waals surface area contributed by atoms with Crippen molar-refractivity contribution < 1.29 is 5.48 Å². The van der Waals surface area contributed by atoms with E-state index < -0.39 is 0 Å². The number of hydrogen-bond acceptors (Lipinski definition) is 5. The first-order chi connectivity index (χ1) is 21.6. The Kier molecular flexibility index (Phi) is 13.4. The highest BCUT2D eigenvalue weighted by atomic mass is 35.5. The van der Waals surface area contributed by atoms with Crippen molar-refractivity contribution >= 4 is 69.1 Å². The van der Waals surface area contributed by atoms with Gasteiger partial charge in [-0.3, -0.25) is 0 Å². The second-order valence-corrected chi connectivity index (χ2v) is 12.7. The largest absolute Gasteiger partial charge is 0.412 e. The number of rotatable bonds is 14. The predicted molar refractivity (Wildman–Crippen MR) is 198 cm³/mol. The van der Waals surface area contributed by atoms with E-state index in [-0.39, 0.29) is 17.9 Å². The quantitative estimate of drug-likeness (QED) is 0.0961. The minimum absolute atomic E-state index is 0. The Morgan fingerprint density at radius 2 is 1.39 bits per heavy atom. The van der Waals surface area contributed by atoms with Crippen LogP contribution >= 0.6 is 35.6 Å². The fourth-order valence-corrected chi connectivity index (χ4v) is 6.55. The molecule has 1 saturated heterocycles. The molecule has 1 aliphatic rings. The van der Waals surface area contributed by atoms with E-state index in [4.69, 9.17) is 33.2 Å². The average molecular weight is 687 g/mol. The van der Waals surface area contributed by atoms with E-state index in [9.17, 15) is 0 Å². The van der Waals surface area contributed by atoms with Gasteiger partial charge < -0.3 is 30.1 Å². The molecular weight excluding hydrogens is 641 g/mol. The van der Waals surface area contributed by atoms with Gasteiger partial charge in [0.05, 0.1) is 22.1 Å². The maximum Gasteiger partial charge on any atom is 0.138 e. The SMILES string of the molecule is CN1CCN(c2ccc3nc(-c4ccc5nc(CCCCCCc6ccc(N(CCCl)CCCl)cc6)[nH]c5c4)[nH]c3c2)CC1.Cl.O. The van der Waals surface area contributed by atoms with Gasteiger partial charge in [0.15, 0.2) is 0 Å². The summed E-state index contributed by atoms with van der Waals surface area (Å²) in [4.78, 5) is 24.0. The molecule has 11 heteroatoms. The highest BCUT2D eigenvalue weighted by Gasteiger charge is 2.16. The van der Waals surface area contributed by atoms with E-state index in [1.807, 2.05) is 0 Å². The normalized spacial score (nSPS) is 13.6. The number of H-pyrrole nitrogens is 2. The zero-order chi connectivity index (χ0) is 30.3. The number of aromatic amines is 2. The van der Waals surface area contributed by atoms with Gasteiger partial charge in [0.1, 0.15) is 11.6 Å². The molecule has 248 valence electrons. The molecule has 0 radical (unpaired) electrons. The summed E-state index contributed by atoms with van der Waals surface area (Å²) in [7, 11) is 2.19. The van der Waals surface area contributed by atoms with Gasteiger partial charge in [-0.25, -0.2) is 9.97 Å². The number of hydrogen-bond donors (Lipinski definition) is 2. The zero-order valence-electron chi connectivity index (χ0n) is 26.6. The molecule has 0 amide bonds. The van der Waals surface area contributed by atoms with E-state index >= 15 is 0 Å². The highest BCUT2D eigenvalue weighted by Crippen LogP contribution is 2.27. The minimum atomic E-state index is 0. The van der Waals surface area contributed by atoms with Gasteiger partial charge in [-0.1, -0.05) is 25.0 Å². The van der Waals surface area contributed by atoms with Crippen molar-refractivity contribution in [2.75, 3.05) is 67.9 Å². The minimum Gasteiger partial charge on any atom is -0.412 e. The van der Waals surface area contributed by atoms with E-state index in [2.05, 4.69) is 92.4 Å². The van der Waals surface area contributed by atoms with Crippen molar-refractivity contribution in [3.05, 3.63) is 72.1 Å². The maximum absolute atomic E-state index is 5.95. The summed E-state index contributed by atoms with van der Waals surface area (Å²) in [6, 6.07) is 21.8. The fourth-order valence-electron chi connectivity index (χ4n) is 6.15. The van der Waals surface area contributed by atoms with Crippen LogP contribution in [0.1, 0.15) is 37.1 Å². The maximum atomic E-state index is 5.95. The molecule has 0 saturated carbocycles. The van der Waals surface area contributed by atoms with Crippen molar-refractivity contribution in [2.24, 2.45) is 0 Å². The molecule has 46 heavy (non-hydrogen) atoms. The van der Waals surface area contributed by atoms with Crippen LogP contribution in [-0.4, -0.2) is 88.4 Å². The van der Waals surface area contributed by atoms with Crippen molar-refractivity contribution in [3.8, 4) is 11.4 Å². The molecule has 8 nitrogen and oxygen atoms in total. The third-order valence-electron chi connectivity index (χ3n) is 8.78. The third-order valence-corrected chi connectivity index (χ3v) is 9.12. The molecule has 3 aromatic carbocycles. The summed E-state index contributed by atoms with van der Waals surface area (Å²) in [5, 5.41) is 0. The van der Waals surface area contributed by atoms with Crippen LogP contribution in [0.15, 0.2) is 60.7 Å². The van der Waals surface area contributed by atoms with Crippen LogP contribution in [0.4, 0.5) is 11.4 Å². The summed E-state index contributed by atoms with van der Waals surface area (Å²) in [6.07, 6.45) is 6.84. The Morgan fingerprint density at radius 1 is 0.739 bits per heavy atom. The first-order valence-corrected chi connectivity index (χ1v) is 17.0. The first-order valence-electron chi connectivity index (χ1n) is 16.0. The summed E-state index contributed by atoms with van der Waals surface area (Å²) in [6.45, 7) is 5.95. The second-order valence-electron chi connectivity index (χ2n) is 11.9. The summed E-state index contributed by atoms with van der Waals surface area (Å²) < 4.78 is 0. The number of aromatic nitrogens is 4.